The lowest BCUT2D eigenvalue weighted by Crippen LogP contribution is -2.52. The molecule has 0 radical (unpaired) electrons. The summed E-state index contributed by atoms with van der Waals surface area (Å²) in [5, 5.41) is 21.4. The van der Waals surface area contributed by atoms with Crippen LogP contribution in [0.2, 0.25) is 0 Å². The van der Waals surface area contributed by atoms with E-state index in [1.807, 2.05) is 12.3 Å². The SMILES string of the molecule is O=C(O)C(F)(F)F.O=C(O)C(F)(F)F.O=C(O)C(F)(F)F.c1ccc(CN2CCC3(CCCN3CC3CC3)CC2)nc1. The Kier molecular flexibility index (Phi) is 13.5. The first-order valence-electron chi connectivity index (χ1n) is 12.4. The number of hydrogen-bond donors (Lipinski definition) is 3. The van der Waals surface area contributed by atoms with Gasteiger partial charge >= 0.3 is 36.4 Å². The van der Waals surface area contributed by atoms with Crippen LogP contribution in [-0.4, -0.2) is 98.3 Å². The first-order valence-corrected chi connectivity index (χ1v) is 12.4. The van der Waals surface area contributed by atoms with Gasteiger partial charge in [-0.05, 0) is 63.1 Å². The largest absolute Gasteiger partial charge is 0.490 e. The molecule has 240 valence electrons. The molecule has 18 heteroatoms. The van der Waals surface area contributed by atoms with Crippen molar-refractivity contribution in [2.75, 3.05) is 26.2 Å². The van der Waals surface area contributed by atoms with E-state index >= 15 is 0 Å². The number of piperidine rings is 1. The maximum atomic E-state index is 10.6. The van der Waals surface area contributed by atoms with E-state index in [0.717, 1.165) is 12.5 Å². The topological polar surface area (TPSA) is 131 Å². The lowest BCUT2D eigenvalue weighted by molar-refractivity contribution is -0.193. The van der Waals surface area contributed by atoms with Gasteiger partial charge in [0.1, 0.15) is 0 Å². The molecule has 0 unspecified atom stereocenters. The number of halogens is 9. The molecule has 42 heavy (non-hydrogen) atoms. The quantitative estimate of drug-likeness (QED) is 0.402. The van der Waals surface area contributed by atoms with E-state index in [9.17, 15) is 39.5 Å². The molecule has 1 aromatic heterocycles. The summed E-state index contributed by atoms with van der Waals surface area (Å²) >= 11 is 0. The van der Waals surface area contributed by atoms with Crippen molar-refractivity contribution in [2.24, 2.45) is 5.92 Å². The average Bonchev–Trinajstić information content (AvgIpc) is 3.61. The second-order valence-electron chi connectivity index (χ2n) is 9.72. The van der Waals surface area contributed by atoms with Crippen molar-refractivity contribution in [3.8, 4) is 0 Å². The maximum absolute atomic E-state index is 10.6. The number of aliphatic carboxylic acids is 3. The number of carboxylic acid groups (broad SMARTS) is 3. The van der Waals surface area contributed by atoms with Crippen molar-refractivity contribution in [2.45, 2.75) is 69.1 Å². The monoisotopic (exact) mass is 627 g/mol. The van der Waals surface area contributed by atoms with Gasteiger partial charge in [0.15, 0.2) is 0 Å². The summed E-state index contributed by atoms with van der Waals surface area (Å²) in [6.07, 6.45) is -4.77. The average molecular weight is 628 g/mol. The minimum Gasteiger partial charge on any atom is -0.475 e. The third-order valence-corrected chi connectivity index (χ3v) is 6.54. The summed E-state index contributed by atoms with van der Waals surface area (Å²) in [4.78, 5) is 36.6. The standard InChI is InChI=1S/C18H27N3.3C2HF3O2/c1-2-10-19-17(4-1)15-20-12-8-18(9-13-20)7-3-11-21(18)14-16-5-6-16;3*3-2(4,5)1(6)7/h1-2,4,10,16H,3,5-9,11-15H2;3*(H,6,7). The molecule has 0 aromatic carbocycles. The lowest BCUT2D eigenvalue weighted by atomic mass is 9.84. The van der Waals surface area contributed by atoms with E-state index < -0.39 is 36.4 Å². The number of carboxylic acids is 3. The van der Waals surface area contributed by atoms with Gasteiger partial charge in [-0.2, -0.15) is 39.5 Å². The summed E-state index contributed by atoms with van der Waals surface area (Å²) in [6.45, 7) is 6.27. The van der Waals surface area contributed by atoms with Crippen molar-refractivity contribution in [1.82, 2.24) is 14.8 Å². The fourth-order valence-corrected chi connectivity index (χ4v) is 4.31. The van der Waals surface area contributed by atoms with Gasteiger partial charge < -0.3 is 15.3 Å². The Hall–Kier alpha value is -3.15. The Balaban J connectivity index is 0.000000348. The van der Waals surface area contributed by atoms with Gasteiger partial charge in [-0.15, -0.1) is 0 Å². The molecule has 1 aromatic rings. The van der Waals surface area contributed by atoms with Crippen LogP contribution in [0.15, 0.2) is 24.4 Å². The highest BCUT2D eigenvalue weighted by Crippen LogP contribution is 2.41. The molecular weight excluding hydrogens is 597 g/mol. The molecule has 1 spiro atoms. The molecule has 3 aliphatic rings. The van der Waals surface area contributed by atoms with Crippen LogP contribution in [0, 0.1) is 5.92 Å². The molecular formula is C24H30F9N3O6. The van der Waals surface area contributed by atoms with E-state index in [-0.39, 0.29) is 0 Å². The highest BCUT2D eigenvalue weighted by Gasteiger charge is 2.44. The fraction of sp³-hybridized carbons (Fsp3) is 0.667. The van der Waals surface area contributed by atoms with Gasteiger partial charge in [-0.1, -0.05) is 6.07 Å². The van der Waals surface area contributed by atoms with Crippen LogP contribution in [0.4, 0.5) is 39.5 Å². The first-order chi connectivity index (χ1) is 19.2. The molecule has 3 N–H and O–H groups in total. The second kappa shape index (κ2) is 15.4. The third kappa shape index (κ3) is 13.7. The molecule has 2 saturated heterocycles. The molecule has 0 atom stereocenters. The van der Waals surface area contributed by atoms with Gasteiger partial charge in [0.05, 0.1) is 5.69 Å². The number of hydrogen-bond acceptors (Lipinski definition) is 6. The summed E-state index contributed by atoms with van der Waals surface area (Å²) in [6, 6.07) is 6.25. The van der Waals surface area contributed by atoms with E-state index in [0.29, 0.717) is 5.54 Å². The van der Waals surface area contributed by atoms with Crippen LogP contribution < -0.4 is 0 Å². The van der Waals surface area contributed by atoms with E-state index in [1.54, 1.807) is 0 Å². The minimum absolute atomic E-state index is 0.559. The Bertz CT molecular complexity index is 951. The molecule has 3 fully saturated rings. The minimum atomic E-state index is -5.08. The fourth-order valence-electron chi connectivity index (χ4n) is 4.31. The van der Waals surface area contributed by atoms with Crippen molar-refractivity contribution in [1.29, 1.82) is 0 Å². The van der Waals surface area contributed by atoms with Gasteiger partial charge in [-0.3, -0.25) is 14.8 Å². The van der Waals surface area contributed by atoms with E-state index in [2.05, 4.69) is 26.9 Å². The summed E-state index contributed by atoms with van der Waals surface area (Å²) in [5.41, 5.74) is 1.78. The Labute approximate surface area is 233 Å². The van der Waals surface area contributed by atoms with Crippen molar-refractivity contribution >= 4 is 17.9 Å². The smallest absolute Gasteiger partial charge is 0.475 e. The number of nitrogens with zero attached hydrogens (tertiary/aromatic N) is 3. The van der Waals surface area contributed by atoms with Crippen LogP contribution in [0.1, 0.15) is 44.2 Å². The van der Waals surface area contributed by atoms with Gasteiger partial charge in [0, 0.05) is 37.9 Å². The number of pyridine rings is 1. The molecule has 4 rings (SSSR count). The molecule has 0 amide bonds. The van der Waals surface area contributed by atoms with Gasteiger partial charge in [-0.25, -0.2) is 14.4 Å². The molecule has 0 bridgehead atoms. The Morgan fingerprint density at radius 3 is 1.60 bits per heavy atom. The van der Waals surface area contributed by atoms with E-state index in [1.165, 1.54) is 70.4 Å². The highest BCUT2D eigenvalue weighted by molar-refractivity contribution is 5.73. The van der Waals surface area contributed by atoms with Gasteiger partial charge in [0.2, 0.25) is 0 Å². The Morgan fingerprint density at radius 1 is 0.786 bits per heavy atom. The number of alkyl halides is 9. The number of rotatable bonds is 4. The molecule has 2 aliphatic heterocycles. The van der Waals surface area contributed by atoms with Crippen LogP contribution in [0.25, 0.3) is 0 Å². The zero-order valence-corrected chi connectivity index (χ0v) is 22.0. The predicted octanol–water partition coefficient (Wildman–Crippen LogP) is 4.82. The lowest BCUT2D eigenvalue weighted by Gasteiger charge is -2.45. The zero-order valence-electron chi connectivity index (χ0n) is 22.0. The highest BCUT2D eigenvalue weighted by atomic mass is 19.4. The number of carbonyl (C=O) groups is 3. The molecule has 1 saturated carbocycles. The van der Waals surface area contributed by atoms with Crippen molar-refractivity contribution in [3.05, 3.63) is 30.1 Å². The molecule has 3 heterocycles. The van der Waals surface area contributed by atoms with Crippen LogP contribution in [0.3, 0.4) is 0 Å². The third-order valence-electron chi connectivity index (χ3n) is 6.54. The van der Waals surface area contributed by atoms with Crippen LogP contribution >= 0.6 is 0 Å². The molecule has 1 aliphatic carbocycles. The van der Waals surface area contributed by atoms with Gasteiger partial charge in [0.25, 0.3) is 0 Å². The van der Waals surface area contributed by atoms with Crippen molar-refractivity contribution in [3.63, 3.8) is 0 Å². The van der Waals surface area contributed by atoms with Crippen LogP contribution in [-0.2, 0) is 20.9 Å². The molecule has 9 nitrogen and oxygen atoms in total. The van der Waals surface area contributed by atoms with E-state index in [4.69, 9.17) is 29.7 Å². The normalized spacial score (nSPS) is 18.9. The van der Waals surface area contributed by atoms with Crippen molar-refractivity contribution < 1.29 is 69.2 Å². The maximum Gasteiger partial charge on any atom is 0.490 e. The first kappa shape index (κ1) is 36.9. The summed E-state index contributed by atoms with van der Waals surface area (Å²) in [7, 11) is 0. The number of aromatic nitrogens is 1. The number of likely N-dealkylation sites (tertiary alicyclic amines) is 2. The van der Waals surface area contributed by atoms with Crippen LogP contribution in [0.5, 0.6) is 0 Å². The summed E-state index contributed by atoms with van der Waals surface area (Å²) in [5.74, 6) is -7.24. The zero-order chi connectivity index (χ0) is 32.4. The Morgan fingerprint density at radius 2 is 1.24 bits per heavy atom. The second-order valence-corrected chi connectivity index (χ2v) is 9.72. The summed E-state index contributed by atoms with van der Waals surface area (Å²) < 4.78 is 95.2. The predicted molar refractivity (Wildman–Crippen MR) is 126 cm³/mol.